The summed E-state index contributed by atoms with van der Waals surface area (Å²) in [5.41, 5.74) is 0. The van der Waals surface area contributed by atoms with Gasteiger partial charge in [-0.2, -0.15) is 0 Å². The number of fused-ring (bicyclic) bond motifs is 1. The zero-order chi connectivity index (χ0) is 13.9. The molecular weight excluding hydrogens is 270 g/mol. The van der Waals surface area contributed by atoms with Crippen LogP contribution in [0.3, 0.4) is 0 Å². The fourth-order valence-corrected chi connectivity index (χ4v) is 4.05. The van der Waals surface area contributed by atoms with Crippen molar-refractivity contribution in [2.45, 2.75) is 13.0 Å². The van der Waals surface area contributed by atoms with Crippen LogP contribution in [-0.2, 0) is 11.3 Å². The van der Waals surface area contributed by atoms with Gasteiger partial charge in [-0.3, -0.25) is 9.69 Å². The van der Waals surface area contributed by atoms with Crippen LogP contribution < -0.4 is 5.32 Å². The number of hydrogen-bond donors (Lipinski definition) is 1. The van der Waals surface area contributed by atoms with E-state index >= 15 is 0 Å². The molecule has 1 aromatic rings. The number of thiophene rings is 1. The lowest BCUT2D eigenvalue weighted by Gasteiger charge is -2.34. The monoisotopic (exact) mass is 293 g/mol. The second kappa shape index (κ2) is 6.24. The minimum atomic E-state index is 0.239. The SMILES string of the molecule is CN(Cc1cccs1)C(=O)CN1CCC2CNCC2C1. The van der Waals surface area contributed by atoms with E-state index in [0.717, 1.165) is 38.0 Å². The Hall–Kier alpha value is -0.910. The summed E-state index contributed by atoms with van der Waals surface area (Å²) >= 11 is 1.71. The number of rotatable bonds is 4. The van der Waals surface area contributed by atoms with Crippen molar-refractivity contribution < 1.29 is 4.79 Å². The highest BCUT2D eigenvalue weighted by Gasteiger charge is 2.33. The molecule has 3 heterocycles. The molecule has 0 spiro atoms. The van der Waals surface area contributed by atoms with Gasteiger partial charge in [-0.1, -0.05) is 6.07 Å². The first-order valence-electron chi connectivity index (χ1n) is 7.42. The van der Waals surface area contributed by atoms with Crippen LogP contribution in [0.1, 0.15) is 11.3 Å². The van der Waals surface area contributed by atoms with Crippen LogP contribution >= 0.6 is 11.3 Å². The summed E-state index contributed by atoms with van der Waals surface area (Å²) < 4.78 is 0. The Balaban J connectivity index is 1.48. The topological polar surface area (TPSA) is 35.6 Å². The molecule has 1 N–H and O–H groups in total. The quantitative estimate of drug-likeness (QED) is 0.907. The molecule has 5 heteroatoms. The van der Waals surface area contributed by atoms with E-state index in [-0.39, 0.29) is 5.91 Å². The summed E-state index contributed by atoms with van der Waals surface area (Å²) in [6, 6.07) is 4.13. The highest BCUT2D eigenvalue weighted by atomic mass is 32.1. The molecule has 2 aliphatic rings. The fourth-order valence-electron chi connectivity index (χ4n) is 3.29. The summed E-state index contributed by atoms with van der Waals surface area (Å²) in [5.74, 6) is 1.83. The van der Waals surface area contributed by atoms with Gasteiger partial charge in [0, 0.05) is 18.5 Å². The maximum Gasteiger partial charge on any atom is 0.236 e. The molecule has 0 saturated carbocycles. The van der Waals surface area contributed by atoms with E-state index in [2.05, 4.69) is 21.7 Å². The van der Waals surface area contributed by atoms with Crippen LogP contribution in [-0.4, -0.2) is 55.5 Å². The highest BCUT2D eigenvalue weighted by molar-refractivity contribution is 7.09. The summed E-state index contributed by atoms with van der Waals surface area (Å²) in [6.07, 6.45) is 1.24. The van der Waals surface area contributed by atoms with Crippen molar-refractivity contribution >= 4 is 17.2 Å². The molecule has 4 nitrogen and oxygen atoms in total. The number of likely N-dealkylation sites (N-methyl/N-ethyl adjacent to an activating group) is 1. The van der Waals surface area contributed by atoms with Gasteiger partial charge in [-0.05, 0) is 49.3 Å². The lowest BCUT2D eigenvalue weighted by Crippen LogP contribution is -2.45. The average molecular weight is 293 g/mol. The van der Waals surface area contributed by atoms with Gasteiger partial charge in [0.05, 0.1) is 13.1 Å². The van der Waals surface area contributed by atoms with Crippen molar-refractivity contribution in [1.29, 1.82) is 0 Å². The van der Waals surface area contributed by atoms with E-state index in [9.17, 15) is 4.79 Å². The average Bonchev–Trinajstić information content (AvgIpc) is 3.08. The van der Waals surface area contributed by atoms with E-state index in [0.29, 0.717) is 6.54 Å². The first-order chi connectivity index (χ1) is 9.72. The Morgan fingerprint density at radius 2 is 2.35 bits per heavy atom. The van der Waals surface area contributed by atoms with Gasteiger partial charge in [0.25, 0.3) is 0 Å². The third kappa shape index (κ3) is 3.22. The molecule has 0 bridgehead atoms. The first kappa shape index (κ1) is 14.0. The molecule has 3 rings (SSSR count). The summed E-state index contributed by atoms with van der Waals surface area (Å²) in [7, 11) is 1.91. The Bertz CT molecular complexity index is 448. The van der Waals surface area contributed by atoms with Crippen LogP contribution in [0.15, 0.2) is 17.5 Å². The molecule has 2 unspecified atom stereocenters. The van der Waals surface area contributed by atoms with Crippen molar-refractivity contribution in [2.24, 2.45) is 11.8 Å². The number of hydrogen-bond acceptors (Lipinski definition) is 4. The smallest absolute Gasteiger partial charge is 0.236 e. The van der Waals surface area contributed by atoms with Gasteiger partial charge in [-0.25, -0.2) is 0 Å². The van der Waals surface area contributed by atoms with E-state index in [1.165, 1.54) is 17.8 Å². The first-order valence-corrected chi connectivity index (χ1v) is 8.30. The molecule has 0 aliphatic carbocycles. The van der Waals surface area contributed by atoms with Gasteiger partial charge in [0.1, 0.15) is 0 Å². The van der Waals surface area contributed by atoms with Crippen LogP contribution in [0.2, 0.25) is 0 Å². The summed E-state index contributed by atoms with van der Waals surface area (Å²) in [6.45, 7) is 5.76. The number of nitrogens with one attached hydrogen (secondary N) is 1. The molecule has 0 radical (unpaired) electrons. The van der Waals surface area contributed by atoms with E-state index < -0.39 is 0 Å². The molecule has 1 aromatic heterocycles. The molecule has 110 valence electrons. The summed E-state index contributed by atoms with van der Waals surface area (Å²) in [4.78, 5) is 17.7. The minimum Gasteiger partial charge on any atom is -0.340 e. The van der Waals surface area contributed by atoms with Crippen molar-refractivity contribution in [1.82, 2.24) is 15.1 Å². The molecule has 20 heavy (non-hydrogen) atoms. The maximum atomic E-state index is 12.3. The highest BCUT2D eigenvalue weighted by Crippen LogP contribution is 2.26. The van der Waals surface area contributed by atoms with Crippen molar-refractivity contribution in [2.75, 3.05) is 39.8 Å². The van der Waals surface area contributed by atoms with Gasteiger partial charge >= 0.3 is 0 Å². The largest absolute Gasteiger partial charge is 0.340 e. The van der Waals surface area contributed by atoms with Gasteiger partial charge in [-0.15, -0.1) is 11.3 Å². The van der Waals surface area contributed by atoms with Crippen molar-refractivity contribution in [3.63, 3.8) is 0 Å². The van der Waals surface area contributed by atoms with Crippen molar-refractivity contribution in [3.8, 4) is 0 Å². The van der Waals surface area contributed by atoms with E-state index in [4.69, 9.17) is 0 Å². The van der Waals surface area contributed by atoms with Crippen LogP contribution in [0.5, 0.6) is 0 Å². The number of piperidine rings is 1. The second-order valence-corrected chi connectivity index (χ2v) is 7.06. The molecule has 2 saturated heterocycles. The molecule has 1 amide bonds. The number of amides is 1. The zero-order valence-corrected chi connectivity index (χ0v) is 12.9. The normalized spacial score (nSPS) is 26.4. The molecule has 2 fully saturated rings. The van der Waals surface area contributed by atoms with Gasteiger partial charge in [0.2, 0.25) is 5.91 Å². The lowest BCUT2D eigenvalue weighted by atomic mass is 9.89. The number of likely N-dealkylation sites (tertiary alicyclic amines) is 1. The maximum absolute atomic E-state index is 12.3. The standard InChI is InChI=1S/C15H23N3OS/c1-17(10-14-3-2-6-20-14)15(19)11-18-5-4-12-7-16-8-13(12)9-18/h2-3,6,12-13,16H,4-5,7-11H2,1H3. The predicted octanol–water partition coefficient (Wildman–Crippen LogP) is 1.25. The molecule has 2 aliphatic heterocycles. The Kier molecular flexibility index (Phi) is 4.38. The van der Waals surface area contributed by atoms with Crippen molar-refractivity contribution in [3.05, 3.63) is 22.4 Å². The van der Waals surface area contributed by atoms with Crippen LogP contribution in [0, 0.1) is 11.8 Å². The Labute approximate surface area is 124 Å². The number of carbonyl (C=O) groups is 1. The Morgan fingerprint density at radius 1 is 1.50 bits per heavy atom. The van der Waals surface area contributed by atoms with Crippen LogP contribution in [0.4, 0.5) is 0 Å². The van der Waals surface area contributed by atoms with E-state index in [1.807, 2.05) is 18.0 Å². The van der Waals surface area contributed by atoms with Gasteiger partial charge in [0.15, 0.2) is 0 Å². The third-order valence-electron chi connectivity index (χ3n) is 4.55. The minimum absolute atomic E-state index is 0.239. The number of carbonyl (C=O) groups excluding carboxylic acids is 1. The Morgan fingerprint density at radius 3 is 3.15 bits per heavy atom. The lowest BCUT2D eigenvalue weighted by molar-refractivity contribution is -0.132. The zero-order valence-electron chi connectivity index (χ0n) is 12.0. The number of nitrogens with zero attached hydrogens (tertiary/aromatic N) is 2. The summed E-state index contributed by atoms with van der Waals surface area (Å²) in [5, 5.41) is 5.53. The predicted molar refractivity (Wildman–Crippen MR) is 81.7 cm³/mol. The van der Waals surface area contributed by atoms with E-state index in [1.54, 1.807) is 11.3 Å². The fraction of sp³-hybridized carbons (Fsp3) is 0.667. The molecule has 0 aromatic carbocycles. The van der Waals surface area contributed by atoms with Gasteiger partial charge < -0.3 is 10.2 Å². The third-order valence-corrected chi connectivity index (χ3v) is 5.41. The molecule has 2 atom stereocenters. The second-order valence-electron chi connectivity index (χ2n) is 6.03. The van der Waals surface area contributed by atoms with Crippen LogP contribution in [0.25, 0.3) is 0 Å². The molecular formula is C15H23N3OS.